The Bertz CT molecular complexity index is 346. The minimum absolute atomic E-state index is 0.146. The Morgan fingerprint density at radius 1 is 1.12 bits per heavy atom. The molecule has 0 aromatic heterocycles. The summed E-state index contributed by atoms with van der Waals surface area (Å²) >= 11 is 3.54. The first-order chi connectivity index (χ1) is 8.08. The van der Waals surface area contributed by atoms with Crippen LogP contribution < -0.4 is 4.72 Å². The molecule has 1 saturated heterocycles. The van der Waals surface area contributed by atoms with E-state index in [-0.39, 0.29) is 5.41 Å². The van der Waals surface area contributed by atoms with E-state index in [1.807, 2.05) is 0 Å². The molecule has 0 aromatic carbocycles. The van der Waals surface area contributed by atoms with Crippen molar-refractivity contribution < 1.29 is 8.42 Å². The Balaban J connectivity index is 1.92. The topological polar surface area (TPSA) is 49.4 Å². The molecule has 2 rings (SSSR count). The van der Waals surface area contributed by atoms with Crippen molar-refractivity contribution in [3.8, 4) is 0 Å². The van der Waals surface area contributed by atoms with E-state index < -0.39 is 10.2 Å². The van der Waals surface area contributed by atoms with Crippen LogP contribution in [0.2, 0.25) is 0 Å². The van der Waals surface area contributed by atoms with Crippen molar-refractivity contribution in [2.24, 2.45) is 5.41 Å². The molecule has 4 nitrogen and oxygen atoms in total. The monoisotopic (exact) mass is 324 g/mol. The molecule has 2 fully saturated rings. The van der Waals surface area contributed by atoms with Crippen LogP contribution in [0, 0.1) is 5.41 Å². The summed E-state index contributed by atoms with van der Waals surface area (Å²) in [4.78, 5) is 0. The van der Waals surface area contributed by atoms with E-state index in [2.05, 4.69) is 20.7 Å². The summed E-state index contributed by atoms with van der Waals surface area (Å²) in [6.45, 7) is 1.93. The largest absolute Gasteiger partial charge is 0.279 e. The maximum atomic E-state index is 12.0. The van der Waals surface area contributed by atoms with Crippen LogP contribution in [0.15, 0.2) is 0 Å². The van der Waals surface area contributed by atoms with Gasteiger partial charge in [-0.2, -0.15) is 12.7 Å². The molecule has 0 bridgehead atoms. The first-order valence-electron chi connectivity index (χ1n) is 6.39. The predicted octanol–water partition coefficient (Wildman–Crippen LogP) is 1.87. The van der Waals surface area contributed by atoms with E-state index in [1.165, 1.54) is 12.8 Å². The van der Waals surface area contributed by atoms with Crippen LogP contribution in [0.5, 0.6) is 0 Å². The molecule has 0 radical (unpaired) electrons. The minimum Gasteiger partial charge on any atom is -0.202 e. The molecule has 0 amide bonds. The van der Waals surface area contributed by atoms with E-state index in [4.69, 9.17) is 0 Å². The highest BCUT2D eigenvalue weighted by Crippen LogP contribution is 2.39. The van der Waals surface area contributed by atoms with Crippen molar-refractivity contribution in [3.63, 3.8) is 0 Å². The summed E-state index contributed by atoms with van der Waals surface area (Å²) in [6, 6.07) is 0. The van der Waals surface area contributed by atoms with E-state index in [0.29, 0.717) is 19.6 Å². The van der Waals surface area contributed by atoms with Gasteiger partial charge in [0, 0.05) is 25.0 Å². The van der Waals surface area contributed by atoms with Gasteiger partial charge >= 0.3 is 0 Å². The van der Waals surface area contributed by atoms with Crippen LogP contribution >= 0.6 is 15.9 Å². The molecule has 2 aliphatic rings. The van der Waals surface area contributed by atoms with Gasteiger partial charge in [-0.25, -0.2) is 4.72 Å². The maximum Gasteiger partial charge on any atom is 0.279 e. The first kappa shape index (κ1) is 13.8. The number of hydrogen-bond acceptors (Lipinski definition) is 2. The lowest BCUT2D eigenvalue weighted by Gasteiger charge is -2.28. The zero-order valence-corrected chi connectivity index (χ0v) is 12.5. The van der Waals surface area contributed by atoms with Crippen LogP contribution in [0.1, 0.15) is 38.5 Å². The fourth-order valence-electron chi connectivity index (χ4n) is 2.75. The molecule has 100 valence electrons. The third-order valence-corrected chi connectivity index (χ3v) is 6.73. The lowest BCUT2D eigenvalue weighted by Crippen LogP contribution is -2.44. The van der Waals surface area contributed by atoms with Crippen LogP contribution in [-0.2, 0) is 10.2 Å². The van der Waals surface area contributed by atoms with Crippen molar-refractivity contribution in [1.82, 2.24) is 9.03 Å². The van der Waals surface area contributed by atoms with E-state index in [9.17, 15) is 8.42 Å². The van der Waals surface area contributed by atoms with E-state index >= 15 is 0 Å². The summed E-state index contributed by atoms with van der Waals surface area (Å²) < 4.78 is 28.5. The minimum atomic E-state index is -3.23. The summed E-state index contributed by atoms with van der Waals surface area (Å²) in [6.07, 6.45) is 6.67. The van der Waals surface area contributed by atoms with Crippen molar-refractivity contribution in [3.05, 3.63) is 0 Å². The number of rotatable bonds is 5. The molecule has 0 unspecified atom stereocenters. The van der Waals surface area contributed by atoms with Crippen molar-refractivity contribution in [2.45, 2.75) is 38.5 Å². The van der Waals surface area contributed by atoms with Gasteiger partial charge in [-0.1, -0.05) is 28.8 Å². The number of hydrogen-bond donors (Lipinski definition) is 1. The molecule has 1 heterocycles. The third kappa shape index (κ3) is 3.22. The molecule has 0 spiro atoms. The third-order valence-electron chi connectivity index (χ3n) is 3.98. The van der Waals surface area contributed by atoms with Crippen molar-refractivity contribution >= 4 is 26.1 Å². The molecular formula is C11H21BrN2O2S. The van der Waals surface area contributed by atoms with Crippen LogP contribution in [-0.4, -0.2) is 37.7 Å². The Morgan fingerprint density at radius 3 is 2.24 bits per heavy atom. The van der Waals surface area contributed by atoms with Gasteiger partial charge < -0.3 is 0 Å². The van der Waals surface area contributed by atoms with Gasteiger partial charge in [0.25, 0.3) is 10.2 Å². The molecule has 1 aliphatic heterocycles. The van der Waals surface area contributed by atoms with Gasteiger partial charge in [0.1, 0.15) is 0 Å². The smallest absolute Gasteiger partial charge is 0.202 e. The van der Waals surface area contributed by atoms with Crippen molar-refractivity contribution in [2.75, 3.05) is 25.0 Å². The second kappa shape index (κ2) is 5.55. The summed E-state index contributed by atoms with van der Waals surface area (Å²) in [5.74, 6) is 0. The molecule has 6 heteroatoms. The lowest BCUT2D eigenvalue weighted by molar-refractivity contribution is 0.341. The van der Waals surface area contributed by atoms with Gasteiger partial charge in [0.05, 0.1) is 0 Å². The summed E-state index contributed by atoms with van der Waals surface area (Å²) in [7, 11) is -3.23. The molecule has 1 N–H and O–H groups in total. The number of nitrogens with zero attached hydrogens (tertiary/aromatic N) is 1. The highest BCUT2D eigenvalue weighted by Gasteiger charge is 2.35. The van der Waals surface area contributed by atoms with Gasteiger partial charge in [-0.15, -0.1) is 0 Å². The second-order valence-corrected chi connectivity index (χ2v) is 7.59. The highest BCUT2D eigenvalue weighted by molar-refractivity contribution is 9.09. The van der Waals surface area contributed by atoms with E-state index in [1.54, 1.807) is 4.31 Å². The quantitative estimate of drug-likeness (QED) is 0.785. The van der Waals surface area contributed by atoms with Gasteiger partial charge in [0.15, 0.2) is 0 Å². The van der Waals surface area contributed by atoms with Gasteiger partial charge in [0.2, 0.25) is 0 Å². The zero-order chi connectivity index (χ0) is 12.4. The number of nitrogens with one attached hydrogen (secondary N) is 1. The predicted molar refractivity (Wildman–Crippen MR) is 72.4 cm³/mol. The number of halogens is 1. The maximum absolute atomic E-state index is 12.0. The fraction of sp³-hybridized carbons (Fsp3) is 1.00. The molecule has 17 heavy (non-hydrogen) atoms. The lowest BCUT2D eigenvalue weighted by atomic mass is 9.89. The Kier molecular flexibility index (Phi) is 4.50. The molecule has 0 atom stereocenters. The molecular weight excluding hydrogens is 304 g/mol. The Hall–Kier alpha value is 0.350. The number of alkyl halides is 1. The summed E-state index contributed by atoms with van der Waals surface area (Å²) in [5.41, 5.74) is 0.146. The van der Waals surface area contributed by atoms with Gasteiger partial charge in [-0.05, 0) is 31.1 Å². The average molecular weight is 325 g/mol. The van der Waals surface area contributed by atoms with Crippen molar-refractivity contribution in [1.29, 1.82) is 0 Å². The standard InChI is InChI=1S/C11H21BrN2O2S/c12-9-11(5-1-2-6-11)10-13-17(15,16)14-7-3-4-8-14/h13H,1-10H2. The first-order valence-corrected chi connectivity index (χ1v) is 8.95. The van der Waals surface area contributed by atoms with Crippen LogP contribution in [0.25, 0.3) is 0 Å². The zero-order valence-electron chi connectivity index (χ0n) is 10.1. The molecule has 1 aliphatic carbocycles. The van der Waals surface area contributed by atoms with Gasteiger partial charge in [-0.3, -0.25) is 0 Å². The molecule has 0 aromatic rings. The normalized spacial score (nSPS) is 25.5. The SMILES string of the molecule is O=S(=O)(NCC1(CBr)CCCC1)N1CCCC1. The van der Waals surface area contributed by atoms with E-state index in [0.717, 1.165) is 31.0 Å². The fourth-order valence-corrected chi connectivity index (χ4v) is 4.92. The summed E-state index contributed by atoms with van der Waals surface area (Å²) in [5, 5.41) is 0.891. The Morgan fingerprint density at radius 2 is 1.71 bits per heavy atom. The second-order valence-electron chi connectivity index (χ2n) is 5.27. The van der Waals surface area contributed by atoms with Crippen LogP contribution in [0.3, 0.4) is 0 Å². The average Bonchev–Trinajstić information content (AvgIpc) is 2.99. The Labute approximate surface area is 112 Å². The molecule has 1 saturated carbocycles. The highest BCUT2D eigenvalue weighted by atomic mass is 79.9. The van der Waals surface area contributed by atoms with Crippen LogP contribution in [0.4, 0.5) is 0 Å².